The molecule has 0 bridgehead atoms. The zero-order chi connectivity index (χ0) is 25.0. The monoisotopic (exact) mass is 492 g/mol. The third-order valence-electron chi connectivity index (χ3n) is 4.24. The van der Waals surface area contributed by atoms with E-state index in [0.717, 1.165) is 24.5 Å². The maximum Gasteiger partial charge on any atom is 0.262 e. The fourth-order valence-corrected chi connectivity index (χ4v) is 3.20. The molecule has 0 aliphatic carbocycles. The van der Waals surface area contributed by atoms with Crippen LogP contribution in [0, 0.1) is 0 Å². The number of carboxylic acids is 1. The van der Waals surface area contributed by atoms with E-state index >= 15 is 0 Å². The van der Waals surface area contributed by atoms with Crippen molar-refractivity contribution in [3.05, 3.63) is 52.9 Å². The number of carboxylic acid groups (broad SMARTS) is 1. The molecular formula is C20H12O13S-2. The fraction of sp³-hybridized carbons (Fsp3) is 0.100. The average Bonchev–Trinajstić information content (AvgIpc) is 2.77. The lowest BCUT2D eigenvalue weighted by molar-refractivity contribution is -0.316. The minimum Gasteiger partial charge on any atom is -0.716 e. The van der Waals surface area contributed by atoms with Gasteiger partial charge in [-0.1, -0.05) is 18.2 Å². The van der Waals surface area contributed by atoms with E-state index in [4.69, 9.17) is 9.15 Å². The summed E-state index contributed by atoms with van der Waals surface area (Å²) in [6, 6.07) is 7.35. The molecule has 2 atom stereocenters. The smallest absolute Gasteiger partial charge is 0.262 e. The van der Waals surface area contributed by atoms with Crippen molar-refractivity contribution >= 4 is 39.9 Å². The third-order valence-corrected chi connectivity index (χ3v) is 4.62. The number of hydrogen-bond acceptors (Lipinski definition) is 13. The Morgan fingerprint density at radius 3 is 2.38 bits per heavy atom. The molecule has 14 heteroatoms. The summed E-state index contributed by atoms with van der Waals surface area (Å²) in [5, 5.41) is 20.9. The molecule has 13 nitrogen and oxygen atoms in total. The van der Waals surface area contributed by atoms with Crippen LogP contribution in [0.2, 0.25) is 0 Å². The summed E-state index contributed by atoms with van der Waals surface area (Å²) in [4.78, 5) is 45.8. The molecule has 0 amide bonds. The summed E-state index contributed by atoms with van der Waals surface area (Å²) >= 11 is 0. The second kappa shape index (κ2) is 9.70. The molecule has 34 heavy (non-hydrogen) atoms. The molecule has 2 aromatic carbocycles. The summed E-state index contributed by atoms with van der Waals surface area (Å²) in [7, 11) is -5.18. The van der Waals surface area contributed by atoms with Crippen LogP contribution >= 0.6 is 0 Å². The van der Waals surface area contributed by atoms with Gasteiger partial charge in [-0.3, -0.25) is 9.59 Å². The third kappa shape index (κ3) is 5.20. The first-order chi connectivity index (χ1) is 16.1. The molecule has 0 aliphatic rings. The van der Waals surface area contributed by atoms with Gasteiger partial charge in [0.2, 0.25) is 5.43 Å². The van der Waals surface area contributed by atoms with Crippen molar-refractivity contribution in [3.63, 3.8) is 0 Å². The van der Waals surface area contributed by atoms with Gasteiger partial charge >= 0.3 is 0 Å². The van der Waals surface area contributed by atoms with Crippen molar-refractivity contribution < 1.29 is 55.6 Å². The Morgan fingerprint density at radius 2 is 1.76 bits per heavy atom. The lowest BCUT2D eigenvalue weighted by Crippen LogP contribution is -2.42. The maximum absolute atomic E-state index is 13.1. The lowest BCUT2D eigenvalue weighted by Gasteiger charge is -2.19. The van der Waals surface area contributed by atoms with E-state index in [9.17, 15) is 42.4 Å². The molecule has 0 saturated heterocycles. The van der Waals surface area contributed by atoms with Crippen LogP contribution in [-0.2, 0) is 29.5 Å². The summed E-state index contributed by atoms with van der Waals surface area (Å²) in [5.41, 5.74) is -1.52. The summed E-state index contributed by atoms with van der Waals surface area (Å²) in [5.74, 6) is -3.80. The molecule has 0 radical (unpaired) electrons. The molecule has 3 aromatic rings. The first-order valence-corrected chi connectivity index (χ1v) is 10.3. The summed E-state index contributed by atoms with van der Waals surface area (Å²) < 4.78 is 52.4. The minimum absolute atomic E-state index is 0.0149. The molecule has 3 rings (SSSR count). The van der Waals surface area contributed by atoms with Crippen LogP contribution in [0.1, 0.15) is 0 Å². The number of carbonyl (C=O) groups is 3. The van der Waals surface area contributed by atoms with Gasteiger partial charge in [0.25, 0.3) is 16.7 Å². The van der Waals surface area contributed by atoms with Crippen molar-refractivity contribution in [1.82, 2.24) is 0 Å². The highest BCUT2D eigenvalue weighted by Gasteiger charge is 2.23. The highest BCUT2D eigenvalue weighted by Crippen LogP contribution is 2.36. The highest BCUT2D eigenvalue weighted by molar-refractivity contribution is 7.81. The SMILES string of the molecule is O=CC(Oc1ccc2occ(-c3ccccc3OS(=O)(=O)[O-])c(=O)c2c1O)OC(C=O)C(=O)[O-]. The molecule has 0 saturated carbocycles. The highest BCUT2D eigenvalue weighted by atomic mass is 32.3. The normalized spacial score (nSPS) is 13.1. The largest absolute Gasteiger partial charge is 0.716 e. The van der Waals surface area contributed by atoms with Gasteiger partial charge in [-0.2, -0.15) is 0 Å². The Kier molecular flexibility index (Phi) is 6.95. The van der Waals surface area contributed by atoms with Gasteiger partial charge in [-0.15, -0.1) is 0 Å². The Bertz CT molecular complexity index is 1420. The number of aldehydes is 2. The number of aliphatic carboxylic acids is 1. The van der Waals surface area contributed by atoms with Crippen LogP contribution in [0.4, 0.5) is 0 Å². The molecule has 2 unspecified atom stereocenters. The van der Waals surface area contributed by atoms with Gasteiger partial charge in [0.15, 0.2) is 30.2 Å². The summed E-state index contributed by atoms with van der Waals surface area (Å²) in [6.45, 7) is 0. The van der Waals surface area contributed by atoms with Crippen LogP contribution in [0.25, 0.3) is 22.1 Å². The van der Waals surface area contributed by atoms with E-state index in [1.165, 1.54) is 18.2 Å². The lowest BCUT2D eigenvalue weighted by atomic mass is 10.0. The molecule has 0 spiro atoms. The van der Waals surface area contributed by atoms with Crippen molar-refractivity contribution in [2.75, 3.05) is 0 Å². The van der Waals surface area contributed by atoms with Gasteiger partial charge in [0.05, 0.1) is 11.5 Å². The van der Waals surface area contributed by atoms with E-state index in [1.54, 1.807) is 0 Å². The topological polar surface area (TPSA) is 210 Å². The number of ether oxygens (including phenoxy) is 2. The van der Waals surface area contributed by atoms with Crippen molar-refractivity contribution in [1.29, 1.82) is 0 Å². The minimum atomic E-state index is -5.18. The number of para-hydroxylation sites is 1. The van der Waals surface area contributed by atoms with E-state index < -0.39 is 56.8 Å². The van der Waals surface area contributed by atoms with E-state index in [1.807, 2.05) is 0 Å². The number of carbonyl (C=O) groups excluding carboxylic acids is 3. The van der Waals surface area contributed by atoms with Crippen LogP contribution in [0.5, 0.6) is 17.2 Å². The predicted molar refractivity (Wildman–Crippen MR) is 106 cm³/mol. The van der Waals surface area contributed by atoms with Crippen LogP contribution in [0.15, 0.2) is 51.9 Å². The molecule has 0 fully saturated rings. The zero-order valence-electron chi connectivity index (χ0n) is 16.6. The fourth-order valence-electron chi connectivity index (χ4n) is 2.83. The first kappa shape index (κ1) is 24.4. The molecule has 1 heterocycles. The molecular weight excluding hydrogens is 480 g/mol. The van der Waals surface area contributed by atoms with Crippen LogP contribution in [0.3, 0.4) is 0 Å². The zero-order valence-corrected chi connectivity index (χ0v) is 17.4. The predicted octanol–water partition coefficient (Wildman–Crippen LogP) is -0.758. The Hall–Kier alpha value is -4.27. The first-order valence-electron chi connectivity index (χ1n) is 9.01. The number of benzene rings is 2. The van der Waals surface area contributed by atoms with Crippen LogP contribution in [-0.4, -0.2) is 49.0 Å². The van der Waals surface area contributed by atoms with Gasteiger partial charge in [-0.05, 0) is 18.2 Å². The van der Waals surface area contributed by atoms with E-state index in [0.29, 0.717) is 0 Å². The van der Waals surface area contributed by atoms with Gasteiger partial charge in [0.1, 0.15) is 23.0 Å². The maximum atomic E-state index is 13.1. The van der Waals surface area contributed by atoms with Crippen molar-refractivity contribution in [3.8, 4) is 28.4 Å². The Balaban J connectivity index is 2.08. The molecule has 178 valence electrons. The number of fused-ring (bicyclic) bond motifs is 1. The second-order valence-electron chi connectivity index (χ2n) is 6.39. The van der Waals surface area contributed by atoms with Gasteiger partial charge in [-0.25, -0.2) is 8.42 Å². The van der Waals surface area contributed by atoms with Crippen molar-refractivity contribution in [2.45, 2.75) is 12.4 Å². The summed E-state index contributed by atoms with van der Waals surface area (Å²) in [6.07, 6.45) is -3.36. The number of aromatic hydroxyl groups is 1. The molecule has 1 N–H and O–H groups in total. The average molecular weight is 492 g/mol. The standard InChI is InChI=1S/C20H14O13S/c21-7-15(20(25)26)32-16(8-22)31-14-6-5-13-17(19(14)24)18(23)11(9-30-13)10-3-1-2-4-12(10)33-34(27,28)29/h1-9,15-16,24H,(H,25,26)(H,27,28,29)/p-2. The quantitative estimate of drug-likeness (QED) is 0.121. The molecule has 0 aliphatic heterocycles. The van der Waals surface area contributed by atoms with Gasteiger partial charge in [0, 0.05) is 5.56 Å². The Morgan fingerprint density at radius 1 is 1.06 bits per heavy atom. The van der Waals surface area contributed by atoms with E-state index in [-0.39, 0.29) is 29.3 Å². The second-order valence-corrected chi connectivity index (χ2v) is 7.37. The number of rotatable bonds is 10. The Labute approximate surface area is 189 Å². The van der Waals surface area contributed by atoms with E-state index in [2.05, 4.69) is 8.92 Å². The number of hydrogen-bond donors (Lipinski definition) is 1. The number of phenolic OH excluding ortho intramolecular Hbond substituents is 1. The van der Waals surface area contributed by atoms with Crippen molar-refractivity contribution in [2.24, 2.45) is 0 Å². The molecule has 1 aromatic heterocycles. The van der Waals surface area contributed by atoms with Gasteiger partial charge < -0.3 is 42.4 Å². The number of phenols is 1. The van der Waals surface area contributed by atoms with Crippen LogP contribution < -0.4 is 19.5 Å².